The molecule has 0 unspecified atom stereocenters. The number of aromatic nitrogens is 4. The fourth-order valence-electron chi connectivity index (χ4n) is 1.83. The Balaban J connectivity index is 1.85. The van der Waals surface area contributed by atoms with Crippen LogP contribution in [0.3, 0.4) is 0 Å². The molecule has 0 fully saturated rings. The van der Waals surface area contributed by atoms with Crippen LogP contribution in [-0.4, -0.2) is 19.9 Å². The number of H-pyrrole nitrogens is 1. The lowest BCUT2D eigenvalue weighted by Crippen LogP contribution is -2.04. The van der Waals surface area contributed by atoms with E-state index in [1.165, 1.54) is 0 Å². The van der Waals surface area contributed by atoms with Gasteiger partial charge in [-0.25, -0.2) is 4.98 Å². The van der Waals surface area contributed by atoms with E-state index in [-0.39, 0.29) is 5.28 Å². The van der Waals surface area contributed by atoms with Crippen molar-refractivity contribution in [2.45, 2.75) is 13.5 Å². The standard InChI is InChI=1S/C13H12ClN5/c1-8-2-3-9(16-6-8)7-17-12-10-4-5-15-11(10)18-13(14)19-12/h2-6H,7H2,1H3,(H2,15,17,18,19). The molecule has 0 aliphatic rings. The Bertz CT molecular complexity index is 705. The van der Waals surface area contributed by atoms with Gasteiger partial charge in [-0.15, -0.1) is 0 Å². The van der Waals surface area contributed by atoms with E-state index in [1.807, 2.05) is 37.5 Å². The summed E-state index contributed by atoms with van der Waals surface area (Å²) < 4.78 is 0. The largest absolute Gasteiger partial charge is 0.364 e. The van der Waals surface area contributed by atoms with Gasteiger partial charge in [0, 0.05) is 12.4 Å². The molecule has 0 aliphatic carbocycles. The molecule has 0 amide bonds. The minimum atomic E-state index is 0.217. The minimum Gasteiger partial charge on any atom is -0.364 e. The Morgan fingerprint density at radius 3 is 2.95 bits per heavy atom. The Morgan fingerprint density at radius 1 is 1.26 bits per heavy atom. The first-order chi connectivity index (χ1) is 9.22. The van der Waals surface area contributed by atoms with Crippen LogP contribution in [0.2, 0.25) is 5.28 Å². The van der Waals surface area contributed by atoms with Crippen molar-refractivity contribution in [2.24, 2.45) is 0 Å². The molecule has 0 aromatic carbocycles. The first-order valence-corrected chi connectivity index (χ1v) is 6.26. The molecule has 0 bridgehead atoms. The summed E-state index contributed by atoms with van der Waals surface area (Å²) in [6.07, 6.45) is 3.65. The summed E-state index contributed by atoms with van der Waals surface area (Å²) in [5.74, 6) is 0.707. The lowest BCUT2D eigenvalue weighted by atomic mass is 10.3. The minimum absolute atomic E-state index is 0.217. The van der Waals surface area contributed by atoms with E-state index >= 15 is 0 Å². The van der Waals surface area contributed by atoms with Gasteiger partial charge in [0.25, 0.3) is 0 Å². The molecular weight excluding hydrogens is 262 g/mol. The molecule has 6 heteroatoms. The van der Waals surface area contributed by atoms with Gasteiger partial charge in [0.15, 0.2) is 0 Å². The van der Waals surface area contributed by atoms with Gasteiger partial charge in [0.05, 0.1) is 17.6 Å². The van der Waals surface area contributed by atoms with E-state index in [0.29, 0.717) is 12.4 Å². The maximum absolute atomic E-state index is 5.89. The van der Waals surface area contributed by atoms with Crippen molar-refractivity contribution in [1.82, 2.24) is 19.9 Å². The summed E-state index contributed by atoms with van der Waals surface area (Å²) in [4.78, 5) is 15.7. The summed E-state index contributed by atoms with van der Waals surface area (Å²) in [6, 6.07) is 5.93. The van der Waals surface area contributed by atoms with Crippen LogP contribution in [0, 0.1) is 6.92 Å². The van der Waals surface area contributed by atoms with Crippen LogP contribution in [0.5, 0.6) is 0 Å². The Hall–Kier alpha value is -2.14. The Labute approximate surface area is 115 Å². The van der Waals surface area contributed by atoms with Gasteiger partial charge in [-0.3, -0.25) is 4.98 Å². The molecule has 3 heterocycles. The average Bonchev–Trinajstić information content (AvgIpc) is 2.85. The summed E-state index contributed by atoms with van der Waals surface area (Å²) >= 11 is 5.89. The van der Waals surface area contributed by atoms with Gasteiger partial charge in [-0.2, -0.15) is 4.98 Å². The van der Waals surface area contributed by atoms with Crippen molar-refractivity contribution in [3.05, 3.63) is 47.1 Å². The highest BCUT2D eigenvalue weighted by Crippen LogP contribution is 2.21. The lowest BCUT2D eigenvalue weighted by molar-refractivity contribution is 1.02. The monoisotopic (exact) mass is 273 g/mol. The zero-order valence-electron chi connectivity index (χ0n) is 10.3. The number of nitrogens with zero attached hydrogens (tertiary/aromatic N) is 3. The highest BCUT2D eigenvalue weighted by Gasteiger charge is 2.07. The van der Waals surface area contributed by atoms with Gasteiger partial charge in [-0.05, 0) is 36.2 Å². The topological polar surface area (TPSA) is 66.5 Å². The molecule has 0 saturated heterocycles. The van der Waals surface area contributed by atoms with Crippen LogP contribution in [0.25, 0.3) is 11.0 Å². The van der Waals surface area contributed by atoms with Gasteiger partial charge < -0.3 is 10.3 Å². The predicted molar refractivity (Wildman–Crippen MR) is 75.2 cm³/mol. The summed E-state index contributed by atoms with van der Waals surface area (Å²) in [6.45, 7) is 2.60. The first kappa shape index (κ1) is 11.9. The van der Waals surface area contributed by atoms with E-state index in [1.54, 1.807) is 0 Å². The molecule has 0 saturated carbocycles. The van der Waals surface area contributed by atoms with E-state index in [4.69, 9.17) is 11.6 Å². The van der Waals surface area contributed by atoms with Crippen LogP contribution in [0.1, 0.15) is 11.3 Å². The molecule has 2 N–H and O–H groups in total. The second kappa shape index (κ2) is 4.85. The Kier molecular flexibility index (Phi) is 3.05. The summed E-state index contributed by atoms with van der Waals surface area (Å²) in [7, 11) is 0. The summed E-state index contributed by atoms with van der Waals surface area (Å²) in [5, 5.41) is 4.36. The van der Waals surface area contributed by atoms with Crippen LogP contribution < -0.4 is 5.32 Å². The number of hydrogen-bond acceptors (Lipinski definition) is 4. The molecule has 3 rings (SSSR count). The van der Waals surface area contributed by atoms with Crippen LogP contribution >= 0.6 is 11.6 Å². The molecule has 0 spiro atoms. The van der Waals surface area contributed by atoms with E-state index in [9.17, 15) is 0 Å². The SMILES string of the molecule is Cc1ccc(CNc2nc(Cl)nc3[nH]ccc23)nc1. The number of anilines is 1. The van der Waals surface area contributed by atoms with Crippen molar-refractivity contribution >= 4 is 28.5 Å². The average molecular weight is 274 g/mol. The number of nitrogens with one attached hydrogen (secondary N) is 2. The van der Waals surface area contributed by atoms with Gasteiger partial charge >= 0.3 is 0 Å². The molecule has 3 aromatic rings. The van der Waals surface area contributed by atoms with Crippen LogP contribution in [-0.2, 0) is 6.54 Å². The predicted octanol–water partition coefficient (Wildman–Crippen LogP) is 2.93. The van der Waals surface area contributed by atoms with Gasteiger partial charge in [-0.1, -0.05) is 6.07 Å². The van der Waals surface area contributed by atoms with Crippen LogP contribution in [0.15, 0.2) is 30.6 Å². The van der Waals surface area contributed by atoms with Crippen molar-refractivity contribution in [1.29, 1.82) is 0 Å². The van der Waals surface area contributed by atoms with Gasteiger partial charge in [0.2, 0.25) is 5.28 Å². The molecule has 0 aliphatic heterocycles. The maximum atomic E-state index is 5.89. The molecule has 0 atom stereocenters. The number of hydrogen-bond donors (Lipinski definition) is 2. The highest BCUT2D eigenvalue weighted by atomic mass is 35.5. The lowest BCUT2D eigenvalue weighted by Gasteiger charge is -2.06. The summed E-state index contributed by atoms with van der Waals surface area (Å²) in [5.41, 5.74) is 2.81. The smallest absolute Gasteiger partial charge is 0.226 e. The third-order valence-corrected chi connectivity index (χ3v) is 2.97. The number of pyridine rings is 1. The van der Waals surface area contributed by atoms with Crippen LogP contribution in [0.4, 0.5) is 5.82 Å². The number of aryl methyl sites for hydroxylation is 1. The fraction of sp³-hybridized carbons (Fsp3) is 0.154. The third kappa shape index (κ3) is 2.51. The van der Waals surface area contributed by atoms with E-state index in [2.05, 4.69) is 25.3 Å². The molecule has 96 valence electrons. The molecule has 0 radical (unpaired) electrons. The number of fused-ring (bicyclic) bond motifs is 1. The normalized spacial score (nSPS) is 10.8. The zero-order valence-corrected chi connectivity index (χ0v) is 11.1. The molecule has 5 nitrogen and oxygen atoms in total. The molecule has 3 aromatic heterocycles. The van der Waals surface area contributed by atoms with Gasteiger partial charge in [0.1, 0.15) is 11.5 Å². The van der Waals surface area contributed by atoms with Crippen molar-refractivity contribution in [3.63, 3.8) is 0 Å². The Morgan fingerprint density at radius 2 is 2.16 bits per heavy atom. The van der Waals surface area contributed by atoms with Crippen molar-refractivity contribution in [2.75, 3.05) is 5.32 Å². The van der Waals surface area contributed by atoms with Crippen molar-refractivity contribution in [3.8, 4) is 0 Å². The number of aromatic amines is 1. The second-order valence-electron chi connectivity index (χ2n) is 4.26. The molecule has 19 heavy (non-hydrogen) atoms. The zero-order chi connectivity index (χ0) is 13.2. The van der Waals surface area contributed by atoms with Crippen molar-refractivity contribution < 1.29 is 0 Å². The van der Waals surface area contributed by atoms with E-state index < -0.39 is 0 Å². The fourth-order valence-corrected chi connectivity index (χ4v) is 2.00. The second-order valence-corrected chi connectivity index (χ2v) is 4.60. The maximum Gasteiger partial charge on any atom is 0.226 e. The first-order valence-electron chi connectivity index (χ1n) is 5.88. The molecular formula is C13H12ClN5. The number of halogens is 1. The van der Waals surface area contributed by atoms with E-state index in [0.717, 1.165) is 22.3 Å². The third-order valence-electron chi connectivity index (χ3n) is 2.80. The number of rotatable bonds is 3. The quantitative estimate of drug-likeness (QED) is 0.720. The highest BCUT2D eigenvalue weighted by molar-refractivity contribution is 6.28.